The van der Waals surface area contributed by atoms with Crippen molar-refractivity contribution in [3.63, 3.8) is 0 Å². The van der Waals surface area contributed by atoms with E-state index < -0.39 is 0 Å². The molecule has 2 rings (SSSR count). The highest BCUT2D eigenvalue weighted by Gasteiger charge is 2.40. The summed E-state index contributed by atoms with van der Waals surface area (Å²) in [7, 11) is 0. The number of hydrogen-bond donors (Lipinski definition) is 2. The fourth-order valence-electron chi connectivity index (χ4n) is 3.31. The lowest BCUT2D eigenvalue weighted by molar-refractivity contribution is -0.127. The van der Waals surface area contributed by atoms with Crippen LogP contribution < -0.4 is 5.32 Å². The van der Waals surface area contributed by atoms with Crippen LogP contribution in [0.15, 0.2) is 0 Å². The summed E-state index contributed by atoms with van der Waals surface area (Å²) < 4.78 is 5.39. The standard InChI is InChI=1S/C15H28N2O3/c1-3-11(4-2)16-15(19)14-9-13(18)10-17(14)12-5-7-20-8-6-12/h11-14,18H,3-10H2,1-2H3,(H,16,19)/t13-,14+/m1/s1. The molecule has 2 saturated heterocycles. The van der Waals surface area contributed by atoms with E-state index in [0.717, 1.165) is 38.9 Å². The Kier molecular flexibility index (Phi) is 5.81. The van der Waals surface area contributed by atoms with E-state index in [1.807, 2.05) is 0 Å². The molecule has 116 valence electrons. The third-order valence-corrected chi connectivity index (χ3v) is 4.61. The van der Waals surface area contributed by atoms with Crippen LogP contribution >= 0.6 is 0 Å². The molecular weight excluding hydrogens is 256 g/mol. The van der Waals surface area contributed by atoms with Crippen molar-refractivity contribution in [2.24, 2.45) is 0 Å². The maximum Gasteiger partial charge on any atom is 0.237 e. The van der Waals surface area contributed by atoms with Crippen molar-refractivity contribution in [3.05, 3.63) is 0 Å². The third kappa shape index (κ3) is 3.71. The Morgan fingerprint density at radius 2 is 2.00 bits per heavy atom. The number of carbonyl (C=O) groups is 1. The molecule has 2 atom stereocenters. The summed E-state index contributed by atoms with van der Waals surface area (Å²) in [6.45, 7) is 6.32. The van der Waals surface area contributed by atoms with Crippen molar-refractivity contribution in [3.8, 4) is 0 Å². The van der Waals surface area contributed by atoms with Gasteiger partial charge in [-0.25, -0.2) is 0 Å². The van der Waals surface area contributed by atoms with Crippen LogP contribution in [0.25, 0.3) is 0 Å². The molecule has 0 aromatic heterocycles. The van der Waals surface area contributed by atoms with E-state index in [-0.39, 0.29) is 24.1 Å². The first-order valence-electron chi connectivity index (χ1n) is 7.97. The predicted octanol–water partition coefficient (Wildman–Crippen LogP) is 0.905. The molecule has 0 saturated carbocycles. The number of ether oxygens (including phenoxy) is 1. The minimum Gasteiger partial charge on any atom is -0.392 e. The molecule has 0 radical (unpaired) electrons. The zero-order valence-corrected chi connectivity index (χ0v) is 12.7. The third-order valence-electron chi connectivity index (χ3n) is 4.61. The summed E-state index contributed by atoms with van der Waals surface area (Å²) in [5.74, 6) is 0.0849. The monoisotopic (exact) mass is 284 g/mol. The number of rotatable bonds is 5. The molecule has 2 N–H and O–H groups in total. The number of nitrogens with zero attached hydrogens (tertiary/aromatic N) is 1. The van der Waals surface area contributed by atoms with Crippen molar-refractivity contribution in [1.82, 2.24) is 10.2 Å². The number of β-amino-alcohol motifs (C(OH)–C–C–N with tert-alkyl or cyclic N) is 1. The quantitative estimate of drug-likeness (QED) is 0.787. The van der Waals surface area contributed by atoms with Gasteiger partial charge in [0.25, 0.3) is 0 Å². The fraction of sp³-hybridized carbons (Fsp3) is 0.933. The molecule has 2 heterocycles. The molecule has 20 heavy (non-hydrogen) atoms. The van der Waals surface area contributed by atoms with Crippen LogP contribution in [0.3, 0.4) is 0 Å². The van der Waals surface area contributed by atoms with Gasteiger partial charge < -0.3 is 15.2 Å². The number of hydrogen-bond acceptors (Lipinski definition) is 4. The lowest BCUT2D eigenvalue weighted by atomic mass is 10.0. The average molecular weight is 284 g/mol. The van der Waals surface area contributed by atoms with Gasteiger partial charge in [0.15, 0.2) is 0 Å². The van der Waals surface area contributed by atoms with E-state index in [9.17, 15) is 9.90 Å². The van der Waals surface area contributed by atoms with Crippen molar-refractivity contribution >= 4 is 5.91 Å². The zero-order valence-electron chi connectivity index (χ0n) is 12.7. The molecule has 5 nitrogen and oxygen atoms in total. The molecule has 0 aliphatic carbocycles. The SMILES string of the molecule is CCC(CC)NC(=O)[C@@H]1C[C@@H](O)CN1C1CCOCC1. The highest BCUT2D eigenvalue weighted by molar-refractivity contribution is 5.82. The van der Waals surface area contributed by atoms with Gasteiger partial charge in [0.2, 0.25) is 5.91 Å². The minimum atomic E-state index is -0.379. The molecule has 2 aliphatic rings. The van der Waals surface area contributed by atoms with E-state index in [1.54, 1.807) is 0 Å². The smallest absolute Gasteiger partial charge is 0.237 e. The predicted molar refractivity (Wildman–Crippen MR) is 77.5 cm³/mol. The normalized spacial score (nSPS) is 29.0. The number of carbonyl (C=O) groups excluding carboxylic acids is 1. The molecule has 0 spiro atoms. The largest absolute Gasteiger partial charge is 0.392 e. The second-order valence-corrected chi connectivity index (χ2v) is 5.97. The summed E-state index contributed by atoms with van der Waals surface area (Å²) in [5, 5.41) is 13.1. The van der Waals surface area contributed by atoms with Crippen molar-refractivity contribution in [2.45, 2.75) is 70.2 Å². The van der Waals surface area contributed by atoms with Gasteiger partial charge in [-0.2, -0.15) is 0 Å². The van der Waals surface area contributed by atoms with E-state index >= 15 is 0 Å². The number of aliphatic hydroxyl groups excluding tert-OH is 1. The molecule has 2 fully saturated rings. The molecule has 0 aromatic carbocycles. The lowest BCUT2D eigenvalue weighted by Gasteiger charge is -2.35. The van der Waals surface area contributed by atoms with E-state index in [1.165, 1.54) is 0 Å². The number of likely N-dealkylation sites (tertiary alicyclic amines) is 1. The topological polar surface area (TPSA) is 61.8 Å². The molecule has 5 heteroatoms. The van der Waals surface area contributed by atoms with Crippen LogP contribution in [0.1, 0.15) is 46.0 Å². The van der Waals surface area contributed by atoms with E-state index in [2.05, 4.69) is 24.1 Å². The molecule has 0 bridgehead atoms. The molecule has 0 aromatic rings. The molecule has 1 amide bonds. The Hall–Kier alpha value is -0.650. The maximum atomic E-state index is 12.5. The Balaban J connectivity index is 1.97. The average Bonchev–Trinajstić information content (AvgIpc) is 2.87. The fourth-order valence-corrected chi connectivity index (χ4v) is 3.31. The first kappa shape index (κ1) is 15.7. The van der Waals surface area contributed by atoms with Crippen LogP contribution in [0.5, 0.6) is 0 Å². The summed E-state index contributed by atoms with van der Waals surface area (Å²) in [6.07, 6.45) is 4.01. The highest BCUT2D eigenvalue weighted by Crippen LogP contribution is 2.26. The van der Waals surface area contributed by atoms with Crippen LogP contribution in [0, 0.1) is 0 Å². The number of nitrogens with one attached hydrogen (secondary N) is 1. The van der Waals surface area contributed by atoms with Crippen LogP contribution in [0.4, 0.5) is 0 Å². The number of amides is 1. The maximum absolute atomic E-state index is 12.5. The first-order valence-corrected chi connectivity index (χ1v) is 7.97. The lowest BCUT2D eigenvalue weighted by Crippen LogP contribution is -2.51. The summed E-state index contributed by atoms with van der Waals surface area (Å²) in [4.78, 5) is 14.7. The Morgan fingerprint density at radius 1 is 1.35 bits per heavy atom. The van der Waals surface area contributed by atoms with Crippen LogP contribution in [-0.4, -0.2) is 59.9 Å². The highest BCUT2D eigenvalue weighted by atomic mass is 16.5. The van der Waals surface area contributed by atoms with E-state index in [4.69, 9.17) is 4.74 Å². The first-order chi connectivity index (χ1) is 9.65. The van der Waals surface area contributed by atoms with E-state index in [0.29, 0.717) is 19.0 Å². The number of aliphatic hydroxyl groups is 1. The van der Waals surface area contributed by atoms with Gasteiger partial charge in [0.05, 0.1) is 12.1 Å². The Bertz CT molecular complexity index is 314. The van der Waals surface area contributed by atoms with Crippen molar-refractivity contribution < 1.29 is 14.6 Å². The van der Waals surface area contributed by atoms with Gasteiger partial charge in [-0.05, 0) is 32.1 Å². The molecule has 2 aliphatic heterocycles. The van der Waals surface area contributed by atoms with Gasteiger partial charge in [-0.15, -0.1) is 0 Å². The van der Waals surface area contributed by atoms with Crippen molar-refractivity contribution in [2.75, 3.05) is 19.8 Å². The summed E-state index contributed by atoms with van der Waals surface area (Å²) >= 11 is 0. The van der Waals surface area contributed by atoms with Crippen molar-refractivity contribution in [1.29, 1.82) is 0 Å². The van der Waals surface area contributed by atoms with Gasteiger partial charge in [-0.1, -0.05) is 13.8 Å². The molecular formula is C15H28N2O3. The summed E-state index contributed by atoms with van der Waals surface area (Å²) in [5.41, 5.74) is 0. The zero-order chi connectivity index (χ0) is 14.5. The second-order valence-electron chi connectivity index (χ2n) is 5.97. The van der Waals surface area contributed by atoms with Gasteiger partial charge in [0.1, 0.15) is 0 Å². The van der Waals surface area contributed by atoms with Gasteiger partial charge in [-0.3, -0.25) is 9.69 Å². The van der Waals surface area contributed by atoms with Crippen LogP contribution in [-0.2, 0) is 9.53 Å². The van der Waals surface area contributed by atoms with Gasteiger partial charge in [0, 0.05) is 31.8 Å². The Labute approximate surface area is 121 Å². The molecule has 0 unspecified atom stereocenters. The van der Waals surface area contributed by atoms with Gasteiger partial charge >= 0.3 is 0 Å². The van der Waals surface area contributed by atoms with Crippen LogP contribution in [0.2, 0.25) is 0 Å². The minimum absolute atomic E-state index is 0.0849. The second kappa shape index (κ2) is 7.38. The Morgan fingerprint density at radius 3 is 2.60 bits per heavy atom. The summed E-state index contributed by atoms with van der Waals surface area (Å²) in [6, 6.07) is 0.448.